The summed E-state index contributed by atoms with van der Waals surface area (Å²) >= 11 is 1.58. The van der Waals surface area contributed by atoms with Gasteiger partial charge < -0.3 is 14.7 Å². The number of hydrogen-bond donors (Lipinski definition) is 1. The van der Waals surface area contributed by atoms with Crippen LogP contribution in [0.15, 0.2) is 46.3 Å². The van der Waals surface area contributed by atoms with Crippen molar-refractivity contribution in [3.05, 3.63) is 53.2 Å². The SMILES string of the molecule is CC(Nc1ccc(CC(=O)N(C)C)cc1)c1nc(-c2cccs2)no1. The minimum Gasteiger partial charge on any atom is -0.374 e. The number of nitrogens with one attached hydrogen (secondary N) is 1. The Morgan fingerprint density at radius 1 is 1.28 bits per heavy atom. The van der Waals surface area contributed by atoms with Gasteiger partial charge >= 0.3 is 0 Å². The van der Waals surface area contributed by atoms with E-state index >= 15 is 0 Å². The van der Waals surface area contributed by atoms with Crippen LogP contribution < -0.4 is 5.32 Å². The Bertz CT molecular complexity index is 825. The number of carbonyl (C=O) groups excluding carboxylic acids is 1. The van der Waals surface area contributed by atoms with Crippen LogP contribution in [0, 0.1) is 0 Å². The lowest BCUT2D eigenvalue weighted by Crippen LogP contribution is -2.23. The van der Waals surface area contributed by atoms with E-state index in [2.05, 4.69) is 15.5 Å². The first-order valence-corrected chi connectivity index (χ1v) is 8.84. The van der Waals surface area contributed by atoms with E-state index in [0.29, 0.717) is 18.1 Å². The fourth-order valence-corrected chi connectivity index (χ4v) is 2.93. The van der Waals surface area contributed by atoms with Crippen LogP contribution in [0.2, 0.25) is 0 Å². The third-order valence-corrected chi connectivity index (χ3v) is 4.61. The van der Waals surface area contributed by atoms with Gasteiger partial charge in [0.1, 0.15) is 6.04 Å². The van der Waals surface area contributed by atoms with Crippen LogP contribution in [0.5, 0.6) is 0 Å². The Morgan fingerprint density at radius 2 is 2.04 bits per heavy atom. The van der Waals surface area contributed by atoms with Crippen LogP contribution in [0.4, 0.5) is 5.69 Å². The van der Waals surface area contributed by atoms with Crippen molar-refractivity contribution in [2.75, 3.05) is 19.4 Å². The van der Waals surface area contributed by atoms with Crippen LogP contribution in [0.25, 0.3) is 10.7 Å². The maximum absolute atomic E-state index is 11.7. The molecule has 2 heterocycles. The number of hydrogen-bond acceptors (Lipinski definition) is 6. The largest absolute Gasteiger partial charge is 0.374 e. The zero-order valence-corrected chi connectivity index (χ0v) is 15.2. The molecule has 0 fully saturated rings. The van der Waals surface area contributed by atoms with Crippen LogP contribution in [-0.2, 0) is 11.2 Å². The smallest absolute Gasteiger partial charge is 0.249 e. The van der Waals surface area contributed by atoms with Gasteiger partial charge in [0, 0.05) is 19.8 Å². The molecular formula is C18H20N4O2S. The van der Waals surface area contributed by atoms with Gasteiger partial charge in [-0.25, -0.2) is 0 Å². The van der Waals surface area contributed by atoms with Crippen molar-refractivity contribution in [1.82, 2.24) is 15.0 Å². The van der Waals surface area contributed by atoms with E-state index in [1.54, 1.807) is 30.3 Å². The molecule has 0 radical (unpaired) electrons. The van der Waals surface area contributed by atoms with E-state index in [-0.39, 0.29) is 11.9 Å². The molecule has 0 saturated carbocycles. The first kappa shape index (κ1) is 17.2. The first-order valence-electron chi connectivity index (χ1n) is 7.96. The Kier molecular flexibility index (Phi) is 5.14. The van der Waals surface area contributed by atoms with Crippen molar-refractivity contribution >= 4 is 22.9 Å². The van der Waals surface area contributed by atoms with E-state index in [1.165, 1.54) is 0 Å². The summed E-state index contributed by atoms with van der Waals surface area (Å²) in [7, 11) is 3.52. The van der Waals surface area contributed by atoms with E-state index in [9.17, 15) is 4.79 Å². The van der Waals surface area contributed by atoms with Gasteiger partial charge in [-0.2, -0.15) is 4.98 Å². The minimum atomic E-state index is -0.115. The summed E-state index contributed by atoms with van der Waals surface area (Å²) in [5, 5.41) is 9.34. The van der Waals surface area contributed by atoms with E-state index in [1.807, 2.05) is 48.7 Å². The van der Waals surface area contributed by atoms with Gasteiger partial charge in [0.05, 0.1) is 11.3 Å². The molecule has 0 saturated heterocycles. The number of aromatic nitrogens is 2. The Balaban J connectivity index is 1.63. The number of likely N-dealkylation sites (N-methyl/N-ethyl adjacent to an activating group) is 1. The second-order valence-corrected chi connectivity index (χ2v) is 6.91. The first-order chi connectivity index (χ1) is 12.0. The second-order valence-electron chi connectivity index (χ2n) is 5.96. The fourth-order valence-electron chi connectivity index (χ4n) is 2.28. The van der Waals surface area contributed by atoms with Crippen molar-refractivity contribution in [2.24, 2.45) is 0 Å². The molecule has 0 aliphatic heterocycles. The molecule has 25 heavy (non-hydrogen) atoms. The minimum absolute atomic E-state index is 0.0843. The molecule has 1 atom stereocenters. The molecule has 1 N–H and O–H groups in total. The maximum Gasteiger partial charge on any atom is 0.249 e. The van der Waals surface area contributed by atoms with Crippen molar-refractivity contribution in [2.45, 2.75) is 19.4 Å². The summed E-state index contributed by atoms with van der Waals surface area (Å²) in [6, 6.07) is 11.6. The molecular weight excluding hydrogens is 336 g/mol. The molecule has 0 bridgehead atoms. The topological polar surface area (TPSA) is 71.3 Å². The number of thiophene rings is 1. The third-order valence-electron chi connectivity index (χ3n) is 3.74. The van der Waals surface area contributed by atoms with Gasteiger partial charge in [-0.1, -0.05) is 23.4 Å². The molecule has 1 unspecified atom stereocenters. The highest BCUT2D eigenvalue weighted by Gasteiger charge is 2.15. The quantitative estimate of drug-likeness (QED) is 0.731. The molecule has 3 rings (SSSR count). The summed E-state index contributed by atoms with van der Waals surface area (Å²) in [5.74, 6) is 1.23. The molecule has 6 nitrogen and oxygen atoms in total. The van der Waals surface area contributed by atoms with Crippen molar-refractivity contribution < 1.29 is 9.32 Å². The summed E-state index contributed by atoms with van der Waals surface area (Å²) < 4.78 is 5.36. The van der Waals surface area contributed by atoms with E-state index in [4.69, 9.17) is 4.52 Å². The number of anilines is 1. The highest BCUT2D eigenvalue weighted by molar-refractivity contribution is 7.13. The average Bonchev–Trinajstić information content (AvgIpc) is 3.27. The molecule has 1 aromatic carbocycles. The number of nitrogens with zero attached hydrogens (tertiary/aromatic N) is 3. The highest BCUT2D eigenvalue weighted by Crippen LogP contribution is 2.24. The van der Waals surface area contributed by atoms with Crippen LogP contribution in [0.1, 0.15) is 24.4 Å². The fraction of sp³-hybridized carbons (Fsp3) is 0.278. The molecule has 1 amide bonds. The lowest BCUT2D eigenvalue weighted by molar-refractivity contribution is -0.127. The van der Waals surface area contributed by atoms with Crippen molar-refractivity contribution in [3.8, 4) is 10.7 Å². The Labute approximate surface area is 150 Å². The van der Waals surface area contributed by atoms with Gasteiger partial charge in [-0.15, -0.1) is 11.3 Å². The normalized spacial score (nSPS) is 12.0. The lowest BCUT2D eigenvalue weighted by Gasteiger charge is -2.13. The predicted octanol–water partition coefficient (Wildman–Crippen LogP) is 3.60. The van der Waals surface area contributed by atoms with E-state index in [0.717, 1.165) is 16.1 Å². The zero-order valence-electron chi connectivity index (χ0n) is 14.4. The number of benzene rings is 1. The number of carbonyl (C=O) groups is 1. The molecule has 0 aliphatic carbocycles. The van der Waals surface area contributed by atoms with Crippen LogP contribution in [0.3, 0.4) is 0 Å². The Morgan fingerprint density at radius 3 is 2.68 bits per heavy atom. The van der Waals surface area contributed by atoms with Gasteiger partial charge in [0.25, 0.3) is 0 Å². The average molecular weight is 356 g/mol. The summed E-state index contributed by atoms with van der Waals surface area (Å²) in [5.41, 5.74) is 1.92. The standard InChI is InChI=1S/C18H20N4O2S/c1-12(18-20-17(21-24-18)15-5-4-10-25-15)19-14-8-6-13(7-9-14)11-16(23)22(2)3/h4-10,12,19H,11H2,1-3H3. The summed E-state index contributed by atoms with van der Waals surface area (Å²) in [6.07, 6.45) is 0.399. The van der Waals surface area contributed by atoms with Crippen LogP contribution in [-0.4, -0.2) is 35.0 Å². The monoisotopic (exact) mass is 356 g/mol. The number of amides is 1. The predicted molar refractivity (Wildman–Crippen MR) is 98.5 cm³/mol. The number of rotatable bonds is 6. The molecule has 3 aromatic rings. The van der Waals surface area contributed by atoms with Crippen molar-refractivity contribution in [3.63, 3.8) is 0 Å². The van der Waals surface area contributed by atoms with Gasteiger partial charge in [0.2, 0.25) is 17.6 Å². The lowest BCUT2D eigenvalue weighted by atomic mass is 10.1. The maximum atomic E-state index is 11.7. The zero-order chi connectivity index (χ0) is 17.8. The highest BCUT2D eigenvalue weighted by atomic mass is 32.1. The summed E-state index contributed by atoms with van der Waals surface area (Å²) in [6.45, 7) is 1.97. The van der Waals surface area contributed by atoms with Crippen LogP contribution >= 0.6 is 11.3 Å². The molecule has 0 aliphatic rings. The second kappa shape index (κ2) is 7.48. The molecule has 7 heteroatoms. The van der Waals surface area contributed by atoms with Gasteiger partial charge in [0.15, 0.2) is 0 Å². The van der Waals surface area contributed by atoms with E-state index < -0.39 is 0 Å². The Hall–Kier alpha value is -2.67. The molecule has 2 aromatic heterocycles. The summed E-state index contributed by atoms with van der Waals surface area (Å²) in [4.78, 5) is 18.8. The van der Waals surface area contributed by atoms with Crippen molar-refractivity contribution in [1.29, 1.82) is 0 Å². The third kappa shape index (κ3) is 4.24. The van der Waals surface area contributed by atoms with Gasteiger partial charge in [-0.05, 0) is 36.1 Å². The molecule has 130 valence electrons. The molecule has 0 spiro atoms. The van der Waals surface area contributed by atoms with Gasteiger partial charge in [-0.3, -0.25) is 4.79 Å².